The third-order valence-electron chi connectivity index (χ3n) is 3.11. The van der Waals surface area contributed by atoms with E-state index in [0.29, 0.717) is 6.04 Å². The van der Waals surface area contributed by atoms with Crippen molar-refractivity contribution in [3.63, 3.8) is 0 Å². The lowest BCUT2D eigenvalue weighted by Crippen LogP contribution is -2.39. The first-order valence-electron chi connectivity index (χ1n) is 6.42. The van der Waals surface area contributed by atoms with Crippen LogP contribution in [0.1, 0.15) is 37.8 Å². The molecule has 0 aliphatic heterocycles. The van der Waals surface area contributed by atoms with Crippen LogP contribution in [0.4, 0.5) is 0 Å². The molecule has 17 heavy (non-hydrogen) atoms. The molecule has 1 heterocycles. The molecule has 1 unspecified atom stereocenters. The van der Waals surface area contributed by atoms with Crippen LogP contribution in [-0.4, -0.2) is 0 Å². The molecule has 0 saturated carbocycles. The highest BCUT2D eigenvalue weighted by Crippen LogP contribution is 2.18. The number of hydrogen-bond donors (Lipinski definition) is 0. The summed E-state index contributed by atoms with van der Waals surface area (Å²) in [6.45, 7) is 2.25. The molecule has 1 nitrogen and oxygen atoms in total. The summed E-state index contributed by atoms with van der Waals surface area (Å²) in [6, 6.07) is 17.5. The summed E-state index contributed by atoms with van der Waals surface area (Å²) in [6.07, 6.45) is 8.04. The van der Waals surface area contributed by atoms with Gasteiger partial charge in [0.1, 0.15) is 0 Å². The van der Waals surface area contributed by atoms with Crippen molar-refractivity contribution in [1.29, 1.82) is 0 Å². The largest absolute Gasteiger partial charge is 0.198 e. The van der Waals surface area contributed by atoms with Gasteiger partial charge < -0.3 is 0 Å². The van der Waals surface area contributed by atoms with E-state index < -0.39 is 0 Å². The molecule has 0 aliphatic carbocycles. The van der Waals surface area contributed by atoms with Crippen LogP contribution in [0.25, 0.3) is 0 Å². The maximum Gasteiger partial charge on any atom is 0.183 e. The van der Waals surface area contributed by atoms with Gasteiger partial charge in [-0.05, 0) is 6.42 Å². The van der Waals surface area contributed by atoms with Crippen molar-refractivity contribution in [2.45, 2.75) is 32.2 Å². The Morgan fingerprint density at radius 2 is 1.59 bits per heavy atom. The number of unbranched alkanes of at least 4 members (excludes halogenated alkanes) is 1. The van der Waals surface area contributed by atoms with Crippen LogP contribution in [0.3, 0.4) is 0 Å². The molecular weight excluding hydrogens is 206 g/mol. The second-order valence-electron chi connectivity index (χ2n) is 4.39. The highest BCUT2D eigenvalue weighted by atomic mass is 15.0. The van der Waals surface area contributed by atoms with Gasteiger partial charge in [0.05, 0.1) is 0 Å². The molecular formula is C16H20N+. The monoisotopic (exact) mass is 226 g/mol. The van der Waals surface area contributed by atoms with E-state index in [1.54, 1.807) is 0 Å². The van der Waals surface area contributed by atoms with Crippen molar-refractivity contribution < 1.29 is 4.57 Å². The van der Waals surface area contributed by atoms with Gasteiger partial charge in [-0.3, -0.25) is 0 Å². The molecule has 88 valence electrons. The molecule has 1 atom stereocenters. The Morgan fingerprint density at radius 3 is 2.24 bits per heavy atom. The zero-order valence-electron chi connectivity index (χ0n) is 10.4. The van der Waals surface area contributed by atoms with E-state index in [2.05, 4.69) is 72.4 Å². The predicted molar refractivity (Wildman–Crippen MR) is 70.7 cm³/mol. The molecule has 0 bridgehead atoms. The van der Waals surface area contributed by atoms with E-state index >= 15 is 0 Å². The van der Waals surface area contributed by atoms with Gasteiger partial charge in [-0.15, -0.1) is 0 Å². The molecule has 0 spiro atoms. The van der Waals surface area contributed by atoms with Gasteiger partial charge in [-0.2, -0.15) is 4.57 Å². The molecule has 0 N–H and O–H groups in total. The van der Waals surface area contributed by atoms with Crippen LogP contribution in [0, 0.1) is 0 Å². The minimum absolute atomic E-state index is 0.470. The van der Waals surface area contributed by atoms with Gasteiger partial charge in [0.25, 0.3) is 0 Å². The molecule has 2 aromatic rings. The fraction of sp³-hybridized carbons (Fsp3) is 0.312. The van der Waals surface area contributed by atoms with Gasteiger partial charge in [-0.1, -0.05) is 49.7 Å². The second-order valence-corrected chi connectivity index (χ2v) is 4.39. The Balaban J connectivity index is 2.26. The van der Waals surface area contributed by atoms with Crippen molar-refractivity contribution in [2.75, 3.05) is 0 Å². The molecule has 2 rings (SSSR count). The summed E-state index contributed by atoms with van der Waals surface area (Å²) in [5, 5.41) is 0. The highest BCUT2D eigenvalue weighted by Gasteiger charge is 2.18. The van der Waals surface area contributed by atoms with Crippen LogP contribution in [0.2, 0.25) is 0 Å². The summed E-state index contributed by atoms with van der Waals surface area (Å²) in [5.74, 6) is 0. The number of benzene rings is 1. The number of pyridine rings is 1. The van der Waals surface area contributed by atoms with Crippen molar-refractivity contribution in [1.82, 2.24) is 0 Å². The quantitative estimate of drug-likeness (QED) is 0.684. The Kier molecular flexibility index (Phi) is 4.31. The van der Waals surface area contributed by atoms with E-state index in [1.165, 1.54) is 24.8 Å². The molecule has 0 radical (unpaired) electrons. The van der Waals surface area contributed by atoms with E-state index in [1.807, 2.05) is 0 Å². The van der Waals surface area contributed by atoms with Gasteiger partial charge >= 0.3 is 0 Å². The Labute approximate surface area is 104 Å². The average Bonchev–Trinajstić information content (AvgIpc) is 2.42. The predicted octanol–water partition coefficient (Wildman–Crippen LogP) is 3.75. The van der Waals surface area contributed by atoms with Gasteiger partial charge in [0, 0.05) is 24.1 Å². The molecule has 0 fully saturated rings. The summed E-state index contributed by atoms with van der Waals surface area (Å²) >= 11 is 0. The number of rotatable bonds is 5. The Bertz CT molecular complexity index is 382. The molecule has 1 heteroatoms. The van der Waals surface area contributed by atoms with Crippen molar-refractivity contribution in [3.8, 4) is 0 Å². The molecule has 0 saturated heterocycles. The van der Waals surface area contributed by atoms with Crippen LogP contribution in [-0.2, 0) is 0 Å². The lowest BCUT2D eigenvalue weighted by Gasteiger charge is -2.12. The van der Waals surface area contributed by atoms with E-state index in [9.17, 15) is 0 Å². The normalized spacial score (nSPS) is 12.3. The zero-order chi connectivity index (χ0) is 11.9. The standard InChI is InChI=1S/C16H20N/c1-2-3-12-16(15-10-6-4-7-11-15)17-13-8-5-9-14-17/h4-11,13-14,16H,2-3,12H2,1H3/q+1. The van der Waals surface area contributed by atoms with Gasteiger partial charge in [0.15, 0.2) is 18.4 Å². The Morgan fingerprint density at radius 1 is 0.941 bits per heavy atom. The fourth-order valence-corrected chi connectivity index (χ4v) is 2.18. The second kappa shape index (κ2) is 6.19. The summed E-state index contributed by atoms with van der Waals surface area (Å²) in [7, 11) is 0. The van der Waals surface area contributed by atoms with Crippen LogP contribution >= 0.6 is 0 Å². The third-order valence-corrected chi connectivity index (χ3v) is 3.11. The molecule has 0 amide bonds. The smallest absolute Gasteiger partial charge is 0.183 e. The van der Waals surface area contributed by atoms with Crippen molar-refractivity contribution >= 4 is 0 Å². The SMILES string of the molecule is CCCCC(c1ccccc1)[n+]1ccccc1. The lowest BCUT2D eigenvalue weighted by molar-refractivity contribution is -0.714. The maximum absolute atomic E-state index is 2.31. The van der Waals surface area contributed by atoms with Crippen LogP contribution in [0.5, 0.6) is 0 Å². The van der Waals surface area contributed by atoms with Gasteiger partial charge in [0.2, 0.25) is 0 Å². The van der Waals surface area contributed by atoms with Crippen molar-refractivity contribution in [3.05, 3.63) is 66.5 Å². The number of nitrogens with zero attached hydrogens (tertiary/aromatic N) is 1. The zero-order valence-corrected chi connectivity index (χ0v) is 10.4. The average molecular weight is 226 g/mol. The van der Waals surface area contributed by atoms with Crippen LogP contribution < -0.4 is 4.57 Å². The summed E-state index contributed by atoms with van der Waals surface area (Å²) in [5.41, 5.74) is 1.40. The first kappa shape index (κ1) is 11.8. The maximum atomic E-state index is 2.31. The molecule has 1 aromatic carbocycles. The van der Waals surface area contributed by atoms with E-state index in [-0.39, 0.29) is 0 Å². The lowest BCUT2D eigenvalue weighted by atomic mass is 10.0. The van der Waals surface area contributed by atoms with Gasteiger partial charge in [-0.25, -0.2) is 0 Å². The van der Waals surface area contributed by atoms with E-state index in [0.717, 1.165) is 0 Å². The third kappa shape index (κ3) is 3.16. The Hall–Kier alpha value is -1.63. The van der Waals surface area contributed by atoms with Crippen molar-refractivity contribution in [2.24, 2.45) is 0 Å². The molecule has 0 aliphatic rings. The first-order chi connectivity index (χ1) is 8.42. The minimum Gasteiger partial charge on any atom is -0.198 e. The molecule has 1 aromatic heterocycles. The summed E-state index contributed by atoms with van der Waals surface area (Å²) < 4.78 is 2.31. The van der Waals surface area contributed by atoms with Crippen LogP contribution in [0.15, 0.2) is 60.9 Å². The number of aromatic nitrogens is 1. The summed E-state index contributed by atoms with van der Waals surface area (Å²) in [4.78, 5) is 0. The minimum atomic E-state index is 0.470. The number of hydrogen-bond acceptors (Lipinski definition) is 0. The highest BCUT2D eigenvalue weighted by molar-refractivity contribution is 5.17. The van der Waals surface area contributed by atoms with E-state index in [4.69, 9.17) is 0 Å². The topological polar surface area (TPSA) is 3.88 Å². The first-order valence-corrected chi connectivity index (χ1v) is 6.42. The fourth-order valence-electron chi connectivity index (χ4n) is 2.18.